The van der Waals surface area contributed by atoms with Crippen molar-refractivity contribution in [2.45, 2.75) is 64.0 Å². The summed E-state index contributed by atoms with van der Waals surface area (Å²) in [6.07, 6.45) is 7.31. The lowest BCUT2D eigenvalue weighted by atomic mass is 9.83. The van der Waals surface area contributed by atoms with Crippen molar-refractivity contribution in [3.05, 3.63) is 0 Å². The van der Waals surface area contributed by atoms with E-state index in [9.17, 15) is 0 Å². The van der Waals surface area contributed by atoms with Crippen molar-refractivity contribution in [2.24, 2.45) is 5.92 Å². The van der Waals surface area contributed by atoms with Crippen LogP contribution >= 0.6 is 0 Å². The smallest absolute Gasteiger partial charge is 0.0807 e. The predicted molar refractivity (Wildman–Crippen MR) is 73.8 cm³/mol. The zero-order chi connectivity index (χ0) is 12.8. The highest BCUT2D eigenvalue weighted by atomic mass is 16.5. The first-order valence-corrected chi connectivity index (χ1v) is 7.69. The van der Waals surface area contributed by atoms with E-state index in [1.807, 2.05) is 0 Å². The number of ether oxygens (including phenoxy) is 2. The van der Waals surface area contributed by atoms with Gasteiger partial charge in [-0.05, 0) is 57.9 Å². The summed E-state index contributed by atoms with van der Waals surface area (Å²) >= 11 is 0. The summed E-state index contributed by atoms with van der Waals surface area (Å²) < 4.78 is 11.5. The van der Waals surface area contributed by atoms with Gasteiger partial charge in [0.05, 0.1) is 5.60 Å². The van der Waals surface area contributed by atoms with Crippen LogP contribution in [-0.4, -0.2) is 38.0 Å². The highest BCUT2D eigenvalue weighted by Gasteiger charge is 2.39. The molecule has 2 aliphatic rings. The van der Waals surface area contributed by atoms with Crippen LogP contribution in [0.3, 0.4) is 0 Å². The molecule has 3 heteroatoms. The van der Waals surface area contributed by atoms with Crippen LogP contribution in [-0.2, 0) is 9.47 Å². The van der Waals surface area contributed by atoms with E-state index in [-0.39, 0.29) is 5.60 Å². The third-order valence-electron chi connectivity index (χ3n) is 4.54. The molecule has 0 aromatic heterocycles. The Morgan fingerprint density at radius 1 is 1.28 bits per heavy atom. The number of hydrogen-bond acceptors (Lipinski definition) is 3. The third kappa shape index (κ3) is 3.69. The molecule has 2 saturated heterocycles. The minimum atomic E-state index is 0.0630. The summed E-state index contributed by atoms with van der Waals surface area (Å²) in [4.78, 5) is 0. The summed E-state index contributed by atoms with van der Waals surface area (Å²) in [7, 11) is 0. The third-order valence-corrected chi connectivity index (χ3v) is 4.54. The van der Waals surface area contributed by atoms with E-state index in [0.29, 0.717) is 6.04 Å². The molecule has 2 rings (SSSR count). The van der Waals surface area contributed by atoms with Crippen LogP contribution < -0.4 is 5.32 Å². The van der Waals surface area contributed by atoms with Gasteiger partial charge in [0.1, 0.15) is 0 Å². The lowest BCUT2D eigenvalue weighted by Gasteiger charge is -2.37. The Labute approximate surface area is 112 Å². The number of hydrogen-bond donors (Lipinski definition) is 1. The highest BCUT2D eigenvalue weighted by Crippen LogP contribution is 2.33. The fourth-order valence-corrected chi connectivity index (χ4v) is 3.26. The van der Waals surface area contributed by atoms with Gasteiger partial charge in [0.25, 0.3) is 0 Å². The molecule has 106 valence electrons. The molecule has 3 nitrogen and oxygen atoms in total. The lowest BCUT2D eigenvalue weighted by Crippen LogP contribution is -2.50. The van der Waals surface area contributed by atoms with Gasteiger partial charge in [-0.25, -0.2) is 0 Å². The van der Waals surface area contributed by atoms with Crippen molar-refractivity contribution < 1.29 is 9.47 Å². The van der Waals surface area contributed by atoms with Crippen molar-refractivity contribution in [1.82, 2.24) is 5.32 Å². The van der Waals surface area contributed by atoms with Gasteiger partial charge < -0.3 is 14.8 Å². The normalized spacial score (nSPS) is 31.7. The highest BCUT2D eigenvalue weighted by molar-refractivity contribution is 4.94. The van der Waals surface area contributed by atoms with E-state index >= 15 is 0 Å². The molecule has 0 aliphatic carbocycles. The van der Waals surface area contributed by atoms with Crippen molar-refractivity contribution in [2.75, 3.05) is 26.4 Å². The topological polar surface area (TPSA) is 30.5 Å². The molecule has 18 heavy (non-hydrogen) atoms. The van der Waals surface area contributed by atoms with E-state index in [4.69, 9.17) is 9.47 Å². The molecular weight excluding hydrogens is 226 g/mol. The molecule has 2 atom stereocenters. The fourth-order valence-electron chi connectivity index (χ4n) is 3.26. The maximum Gasteiger partial charge on any atom is 0.0807 e. The maximum absolute atomic E-state index is 6.05. The van der Waals surface area contributed by atoms with E-state index in [0.717, 1.165) is 32.3 Å². The SMILES string of the molecule is CCCNC(CC1CCOCC1)C1(C)CCCO1. The summed E-state index contributed by atoms with van der Waals surface area (Å²) in [5.41, 5.74) is 0.0630. The predicted octanol–water partition coefficient (Wildman–Crippen LogP) is 2.74. The van der Waals surface area contributed by atoms with Crippen molar-refractivity contribution in [1.29, 1.82) is 0 Å². The molecule has 0 aromatic rings. The average Bonchev–Trinajstić information content (AvgIpc) is 2.84. The van der Waals surface area contributed by atoms with Gasteiger partial charge in [0.15, 0.2) is 0 Å². The van der Waals surface area contributed by atoms with Crippen molar-refractivity contribution >= 4 is 0 Å². The van der Waals surface area contributed by atoms with Gasteiger partial charge in [0, 0.05) is 25.9 Å². The molecular formula is C15H29NO2. The van der Waals surface area contributed by atoms with Crippen LogP contribution in [0.4, 0.5) is 0 Å². The summed E-state index contributed by atoms with van der Waals surface area (Å²) in [6, 6.07) is 0.517. The lowest BCUT2D eigenvalue weighted by molar-refractivity contribution is -0.0252. The first kappa shape index (κ1) is 14.3. The van der Waals surface area contributed by atoms with Gasteiger partial charge in [-0.3, -0.25) is 0 Å². The largest absolute Gasteiger partial charge is 0.381 e. The summed E-state index contributed by atoms with van der Waals surface area (Å²) in [5, 5.41) is 3.73. The Morgan fingerprint density at radius 2 is 2.06 bits per heavy atom. The molecule has 2 aliphatic heterocycles. The minimum absolute atomic E-state index is 0.0630. The van der Waals surface area contributed by atoms with E-state index in [1.165, 1.54) is 38.5 Å². The van der Waals surface area contributed by atoms with E-state index < -0.39 is 0 Å². The summed E-state index contributed by atoms with van der Waals surface area (Å²) in [6.45, 7) is 8.47. The maximum atomic E-state index is 6.05. The van der Waals surface area contributed by atoms with Crippen molar-refractivity contribution in [3.8, 4) is 0 Å². The first-order chi connectivity index (χ1) is 8.74. The van der Waals surface area contributed by atoms with Crippen molar-refractivity contribution in [3.63, 3.8) is 0 Å². The van der Waals surface area contributed by atoms with Crippen LogP contribution in [0, 0.1) is 5.92 Å². The van der Waals surface area contributed by atoms with Crippen LogP contribution in [0.25, 0.3) is 0 Å². The Balaban J connectivity index is 1.90. The standard InChI is InChI=1S/C15H29NO2/c1-3-8-16-14(15(2)7-4-9-18-15)12-13-5-10-17-11-6-13/h13-14,16H,3-12H2,1-2H3. The Kier molecular flexibility index (Phi) is 5.46. The zero-order valence-electron chi connectivity index (χ0n) is 12.0. The molecule has 0 bridgehead atoms. The van der Waals surface area contributed by atoms with Crippen LogP contribution in [0.2, 0.25) is 0 Å². The molecule has 0 amide bonds. The van der Waals surface area contributed by atoms with Gasteiger partial charge >= 0.3 is 0 Å². The molecule has 0 aromatic carbocycles. The number of rotatable bonds is 6. The Morgan fingerprint density at radius 3 is 2.67 bits per heavy atom. The van der Waals surface area contributed by atoms with E-state index in [1.54, 1.807) is 0 Å². The van der Waals surface area contributed by atoms with Crippen LogP contribution in [0.5, 0.6) is 0 Å². The van der Waals surface area contributed by atoms with Crippen LogP contribution in [0.1, 0.15) is 52.4 Å². The zero-order valence-corrected chi connectivity index (χ0v) is 12.0. The Hall–Kier alpha value is -0.120. The average molecular weight is 255 g/mol. The molecule has 0 saturated carbocycles. The minimum Gasteiger partial charge on any atom is -0.381 e. The fraction of sp³-hybridized carbons (Fsp3) is 1.00. The Bertz CT molecular complexity index is 233. The van der Waals surface area contributed by atoms with Crippen LogP contribution in [0.15, 0.2) is 0 Å². The summed E-state index contributed by atoms with van der Waals surface area (Å²) in [5.74, 6) is 0.814. The molecule has 2 fully saturated rings. The second-order valence-electron chi connectivity index (χ2n) is 6.06. The second kappa shape index (κ2) is 6.88. The first-order valence-electron chi connectivity index (χ1n) is 7.69. The van der Waals surface area contributed by atoms with Gasteiger partial charge in [-0.15, -0.1) is 0 Å². The molecule has 0 radical (unpaired) electrons. The number of nitrogens with one attached hydrogen (secondary N) is 1. The molecule has 2 heterocycles. The molecule has 1 N–H and O–H groups in total. The van der Waals surface area contributed by atoms with Gasteiger partial charge in [-0.2, -0.15) is 0 Å². The second-order valence-corrected chi connectivity index (χ2v) is 6.06. The molecule has 0 spiro atoms. The van der Waals surface area contributed by atoms with Gasteiger partial charge in [-0.1, -0.05) is 6.92 Å². The van der Waals surface area contributed by atoms with Gasteiger partial charge in [0.2, 0.25) is 0 Å². The monoisotopic (exact) mass is 255 g/mol. The molecule has 2 unspecified atom stereocenters. The quantitative estimate of drug-likeness (QED) is 0.791. The van der Waals surface area contributed by atoms with E-state index in [2.05, 4.69) is 19.2 Å².